The van der Waals surface area contributed by atoms with Crippen LogP contribution in [-0.4, -0.2) is 22.7 Å². The molecular formula is C14H19N3O. The summed E-state index contributed by atoms with van der Waals surface area (Å²) in [6.45, 7) is 4.00. The van der Waals surface area contributed by atoms with E-state index in [1.165, 1.54) is 0 Å². The van der Waals surface area contributed by atoms with Crippen molar-refractivity contribution in [2.24, 2.45) is 5.92 Å². The van der Waals surface area contributed by atoms with Crippen molar-refractivity contribution in [1.82, 2.24) is 4.98 Å². The quantitative estimate of drug-likeness (QED) is 0.856. The van der Waals surface area contributed by atoms with Gasteiger partial charge in [0.2, 0.25) is 0 Å². The number of nitrogens with one attached hydrogen (secondary N) is 1. The van der Waals surface area contributed by atoms with Gasteiger partial charge < -0.3 is 10.4 Å². The van der Waals surface area contributed by atoms with Crippen LogP contribution in [0, 0.1) is 31.1 Å². The molecule has 0 aliphatic heterocycles. The van der Waals surface area contributed by atoms with Crippen LogP contribution in [0.15, 0.2) is 6.07 Å². The first-order chi connectivity index (χ1) is 8.65. The number of aryl methyl sites for hydroxylation is 2. The molecule has 1 fully saturated rings. The van der Waals surface area contributed by atoms with Gasteiger partial charge in [-0.2, -0.15) is 5.26 Å². The topological polar surface area (TPSA) is 68.9 Å². The summed E-state index contributed by atoms with van der Waals surface area (Å²) < 4.78 is 0. The van der Waals surface area contributed by atoms with Gasteiger partial charge in [0, 0.05) is 24.3 Å². The van der Waals surface area contributed by atoms with Crippen LogP contribution < -0.4 is 5.32 Å². The summed E-state index contributed by atoms with van der Waals surface area (Å²) >= 11 is 0. The molecule has 2 rings (SSSR count). The second kappa shape index (κ2) is 5.36. The maximum Gasteiger partial charge on any atom is 0.103 e. The summed E-state index contributed by atoms with van der Waals surface area (Å²) in [6.07, 6.45) is 3.24. The largest absolute Gasteiger partial charge is 0.396 e. The molecule has 0 amide bonds. The van der Waals surface area contributed by atoms with Crippen molar-refractivity contribution in [3.8, 4) is 6.07 Å². The standard InChI is InChI=1S/C14H19N3O/c1-9-6-14(12(7-15)10(2)16-9)17-13-5-3-4-11(13)8-18/h6,11,13,18H,3-5,8H2,1-2H3,(H,16,17). The highest BCUT2D eigenvalue weighted by molar-refractivity contribution is 5.60. The molecular weight excluding hydrogens is 226 g/mol. The third-order valence-electron chi connectivity index (χ3n) is 3.67. The molecule has 0 bridgehead atoms. The lowest BCUT2D eigenvalue weighted by Gasteiger charge is -2.21. The smallest absolute Gasteiger partial charge is 0.103 e. The number of nitrogens with zero attached hydrogens (tertiary/aromatic N) is 2. The minimum atomic E-state index is 0.211. The third-order valence-corrected chi connectivity index (χ3v) is 3.67. The van der Waals surface area contributed by atoms with Gasteiger partial charge in [0.05, 0.1) is 16.9 Å². The Morgan fingerprint density at radius 2 is 2.28 bits per heavy atom. The number of nitriles is 1. The predicted octanol–water partition coefficient (Wildman–Crippen LogP) is 2.14. The summed E-state index contributed by atoms with van der Waals surface area (Å²) in [5, 5.41) is 22.0. The van der Waals surface area contributed by atoms with Crippen LogP contribution in [0.4, 0.5) is 5.69 Å². The lowest BCUT2D eigenvalue weighted by Crippen LogP contribution is -2.27. The molecule has 1 aromatic rings. The highest BCUT2D eigenvalue weighted by Crippen LogP contribution is 2.30. The van der Waals surface area contributed by atoms with Crippen LogP contribution in [0.5, 0.6) is 0 Å². The number of rotatable bonds is 3. The number of aliphatic hydroxyl groups is 1. The molecule has 1 heterocycles. The fourth-order valence-corrected chi connectivity index (χ4v) is 2.73. The van der Waals surface area contributed by atoms with E-state index in [0.717, 1.165) is 36.3 Å². The number of anilines is 1. The predicted molar refractivity (Wildman–Crippen MR) is 70.3 cm³/mol. The zero-order valence-electron chi connectivity index (χ0n) is 10.9. The molecule has 4 nitrogen and oxygen atoms in total. The first-order valence-electron chi connectivity index (χ1n) is 6.41. The van der Waals surface area contributed by atoms with Crippen molar-refractivity contribution in [1.29, 1.82) is 5.26 Å². The molecule has 96 valence electrons. The summed E-state index contributed by atoms with van der Waals surface area (Å²) in [5.74, 6) is 0.297. The molecule has 2 atom stereocenters. The van der Waals surface area contributed by atoms with Crippen LogP contribution in [0.25, 0.3) is 0 Å². The molecule has 18 heavy (non-hydrogen) atoms. The van der Waals surface area contributed by atoms with E-state index in [0.29, 0.717) is 11.5 Å². The Kier molecular flexibility index (Phi) is 3.83. The van der Waals surface area contributed by atoms with E-state index in [9.17, 15) is 10.4 Å². The van der Waals surface area contributed by atoms with Crippen molar-refractivity contribution in [2.45, 2.75) is 39.2 Å². The monoisotopic (exact) mass is 245 g/mol. The van der Waals surface area contributed by atoms with Gasteiger partial charge in [-0.1, -0.05) is 6.42 Å². The summed E-state index contributed by atoms with van der Waals surface area (Å²) in [6, 6.07) is 4.39. The second-order valence-corrected chi connectivity index (χ2v) is 5.01. The first-order valence-corrected chi connectivity index (χ1v) is 6.41. The highest BCUT2D eigenvalue weighted by Gasteiger charge is 2.27. The molecule has 1 aliphatic carbocycles. The molecule has 0 aromatic carbocycles. The van der Waals surface area contributed by atoms with Gasteiger partial charge in [0.25, 0.3) is 0 Å². The Morgan fingerprint density at radius 3 is 2.94 bits per heavy atom. The summed E-state index contributed by atoms with van der Waals surface area (Å²) in [4.78, 5) is 4.31. The zero-order chi connectivity index (χ0) is 13.1. The molecule has 2 unspecified atom stereocenters. The molecule has 2 N–H and O–H groups in total. The van der Waals surface area contributed by atoms with Crippen LogP contribution >= 0.6 is 0 Å². The third kappa shape index (κ3) is 2.46. The normalized spacial score (nSPS) is 22.8. The zero-order valence-corrected chi connectivity index (χ0v) is 10.9. The van der Waals surface area contributed by atoms with E-state index in [1.807, 2.05) is 19.9 Å². The highest BCUT2D eigenvalue weighted by atomic mass is 16.3. The van der Waals surface area contributed by atoms with Crippen LogP contribution in [-0.2, 0) is 0 Å². The minimum Gasteiger partial charge on any atom is -0.396 e. The van der Waals surface area contributed by atoms with E-state index >= 15 is 0 Å². The van der Waals surface area contributed by atoms with Gasteiger partial charge in [-0.3, -0.25) is 4.98 Å². The molecule has 0 saturated heterocycles. The Bertz CT molecular complexity index is 479. The Balaban J connectivity index is 2.26. The van der Waals surface area contributed by atoms with Gasteiger partial charge in [-0.25, -0.2) is 0 Å². The Morgan fingerprint density at radius 1 is 1.50 bits per heavy atom. The van der Waals surface area contributed by atoms with Crippen LogP contribution in [0.2, 0.25) is 0 Å². The van der Waals surface area contributed by atoms with Crippen molar-refractivity contribution in [3.63, 3.8) is 0 Å². The molecule has 4 heteroatoms. The second-order valence-electron chi connectivity index (χ2n) is 5.01. The molecule has 0 spiro atoms. The average molecular weight is 245 g/mol. The van der Waals surface area contributed by atoms with E-state index in [1.54, 1.807) is 0 Å². The first kappa shape index (κ1) is 12.8. The van der Waals surface area contributed by atoms with Crippen LogP contribution in [0.3, 0.4) is 0 Å². The average Bonchev–Trinajstić information content (AvgIpc) is 2.76. The maximum absolute atomic E-state index is 9.33. The molecule has 1 saturated carbocycles. The van der Waals surface area contributed by atoms with Gasteiger partial charge in [0.1, 0.15) is 6.07 Å². The van der Waals surface area contributed by atoms with Gasteiger partial charge in [-0.05, 0) is 32.8 Å². The number of aliphatic hydroxyl groups excluding tert-OH is 1. The van der Waals surface area contributed by atoms with Gasteiger partial charge in [0.15, 0.2) is 0 Å². The summed E-state index contributed by atoms with van der Waals surface area (Å²) in [7, 11) is 0. The number of pyridine rings is 1. The molecule has 1 aliphatic rings. The van der Waals surface area contributed by atoms with Crippen molar-refractivity contribution < 1.29 is 5.11 Å². The number of hydrogen-bond donors (Lipinski definition) is 2. The van der Waals surface area contributed by atoms with Crippen molar-refractivity contribution >= 4 is 5.69 Å². The van der Waals surface area contributed by atoms with Crippen molar-refractivity contribution in [3.05, 3.63) is 23.0 Å². The van der Waals surface area contributed by atoms with E-state index in [-0.39, 0.29) is 12.6 Å². The SMILES string of the molecule is Cc1cc(NC2CCCC2CO)c(C#N)c(C)n1. The van der Waals surface area contributed by atoms with Crippen LogP contribution in [0.1, 0.15) is 36.2 Å². The lowest BCUT2D eigenvalue weighted by molar-refractivity contribution is 0.222. The Labute approximate surface area is 108 Å². The van der Waals surface area contributed by atoms with Crippen molar-refractivity contribution in [2.75, 3.05) is 11.9 Å². The lowest BCUT2D eigenvalue weighted by atomic mass is 10.0. The number of aromatic nitrogens is 1. The molecule has 1 aromatic heterocycles. The minimum absolute atomic E-state index is 0.211. The maximum atomic E-state index is 9.33. The van der Waals surface area contributed by atoms with Gasteiger partial charge in [-0.15, -0.1) is 0 Å². The van der Waals surface area contributed by atoms with Gasteiger partial charge >= 0.3 is 0 Å². The van der Waals surface area contributed by atoms with E-state index < -0.39 is 0 Å². The Hall–Kier alpha value is -1.60. The number of hydrogen-bond acceptors (Lipinski definition) is 4. The fourth-order valence-electron chi connectivity index (χ4n) is 2.73. The fraction of sp³-hybridized carbons (Fsp3) is 0.571. The van der Waals surface area contributed by atoms with E-state index in [2.05, 4.69) is 16.4 Å². The van der Waals surface area contributed by atoms with E-state index in [4.69, 9.17) is 0 Å². The summed E-state index contributed by atoms with van der Waals surface area (Å²) in [5.41, 5.74) is 3.14. The molecule has 0 radical (unpaired) electrons.